The van der Waals surface area contributed by atoms with Gasteiger partial charge in [0.2, 0.25) is 0 Å². The van der Waals surface area contributed by atoms with E-state index in [-0.39, 0.29) is 39.0 Å². The second-order valence-corrected chi connectivity index (χ2v) is 8.60. The lowest BCUT2D eigenvalue weighted by molar-refractivity contribution is 0.0687. The van der Waals surface area contributed by atoms with E-state index < -0.39 is 23.7 Å². The van der Waals surface area contributed by atoms with E-state index in [1.807, 2.05) is 36.4 Å². The average molecular weight is 478 g/mol. The maximum Gasteiger partial charge on any atom is 0.336 e. The van der Waals surface area contributed by atoms with Gasteiger partial charge in [0.05, 0.1) is 22.3 Å². The molecule has 0 unspecified atom stereocenters. The normalized spacial score (nSPS) is 12.9. The third-order valence-corrected chi connectivity index (χ3v) is 6.91. The quantitative estimate of drug-likeness (QED) is 0.0884. The number of carboxylic acid groups (broad SMARTS) is 1. The number of benzene rings is 5. The molecule has 5 aromatic rings. The van der Waals surface area contributed by atoms with Gasteiger partial charge in [-0.05, 0) is 38.4 Å². The number of aromatic carboxylic acids is 1. The van der Waals surface area contributed by atoms with Crippen molar-refractivity contribution >= 4 is 72.6 Å². The topological polar surface area (TPSA) is 148 Å². The molecule has 0 saturated heterocycles. The van der Waals surface area contributed by atoms with Crippen molar-refractivity contribution in [2.75, 3.05) is 14.1 Å². The highest BCUT2D eigenvalue weighted by Crippen LogP contribution is 2.47. The fraction of sp³-hybridized carbons (Fsp3) is 0.0741. The summed E-state index contributed by atoms with van der Waals surface area (Å²) in [6.45, 7) is 0. The number of imide groups is 1. The molecule has 0 aromatic heterocycles. The van der Waals surface area contributed by atoms with E-state index in [1.54, 1.807) is 7.05 Å². The second kappa shape index (κ2) is 7.22. The van der Waals surface area contributed by atoms with Gasteiger partial charge in [0.15, 0.2) is 0 Å². The van der Waals surface area contributed by atoms with E-state index in [4.69, 9.17) is 5.41 Å². The van der Waals surface area contributed by atoms with Crippen molar-refractivity contribution in [1.29, 1.82) is 5.41 Å². The van der Waals surface area contributed by atoms with Gasteiger partial charge in [-0.15, -0.1) is 0 Å². The minimum absolute atomic E-state index is 0.0994. The van der Waals surface area contributed by atoms with Crippen LogP contribution in [0, 0.1) is 5.41 Å². The van der Waals surface area contributed by atoms with Crippen LogP contribution in [-0.2, 0) is 0 Å². The van der Waals surface area contributed by atoms with Crippen LogP contribution in [0.4, 0.5) is 0 Å². The fourth-order valence-electron chi connectivity index (χ4n) is 5.53. The molecule has 1 aliphatic heterocycles. The highest BCUT2D eigenvalue weighted by Gasteiger charge is 2.38. The highest BCUT2D eigenvalue weighted by atomic mass is 16.4. The van der Waals surface area contributed by atoms with Gasteiger partial charge < -0.3 is 15.7 Å². The van der Waals surface area contributed by atoms with Crippen LogP contribution in [0.3, 0.4) is 0 Å². The summed E-state index contributed by atoms with van der Waals surface area (Å²) in [7, 11) is 2.94. The summed E-state index contributed by atoms with van der Waals surface area (Å²) in [4.78, 5) is 52.0. The Morgan fingerprint density at radius 2 is 1.47 bits per heavy atom. The molecule has 0 fully saturated rings. The average Bonchev–Trinajstić information content (AvgIpc) is 2.88. The first-order chi connectivity index (χ1) is 17.3. The van der Waals surface area contributed by atoms with E-state index in [2.05, 4.69) is 16.0 Å². The van der Waals surface area contributed by atoms with Crippen molar-refractivity contribution in [3.63, 3.8) is 0 Å². The molecule has 5 N–H and O–H groups in total. The Bertz CT molecular complexity index is 1880. The molecule has 36 heavy (non-hydrogen) atoms. The van der Waals surface area contributed by atoms with Gasteiger partial charge in [-0.2, -0.15) is 0 Å². The minimum atomic E-state index is -1.33. The monoisotopic (exact) mass is 478 g/mol. The van der Waals surface area contributed by atoms with E-state index in [9.17, 15) is 24.3 Å². The van der Waals surface area contributed by atoms with E-state index >= 15 is 0 Å². The molecule has 3 amide bonds. The molecule has 1 heterocycles. The first-order valence-electron chi connectivity index (χ1n) is 11.1. The third-order valence-electron chi connectivity index (χ3n) is 6.91. The second-order valence-electron chi connectivity index (χ2n) is 8.60. The number of hydrogen-bond acceptors (Lipinski definition) is 5. The predicted octanol–water partition coefficient (Wildman–Crippen LogP) is 3.22. The number of hydrogen-bond donors (Lipinski definition) is 5. The standard InChI is InChI=1S/C27H18N4O5/c1-29-23(28)20-16-12-8-4-6-10-5-3-7-11(15(10)12)13-9-14(27(35)36)18-19(17(13)16)21(22(20)24(32)30-2)26(34)31-25(18)33/h3-9H,1-2H3,(H2,28,29)(H,30,32)(H,35,36)(H,31,33,34). The number of amidine groups is 1. The van der Waals surface area contributed by atoms with Crippen LogP contribution >= 0.6 is 0 Å². The Hall–Kier alpha value is -5.05. The molecule has 5 aromatic carbocycles. The summed E-state index contributed by atoms with van der Waals surface area (Å²) in [6, 6.07) is 12.7. The van der Waals surface area contributed by atoms with E-state index in [1.165, 1.54) is 13.1 Å². The number of nitrogens with one attached hydrogen (secondary N) is 4. The minimum Gasteiger partial charge on any atom is -0.478 e. The van der Waals surface area contributed by atoms with Crippen molar-refractivity contribution in [3.8, 4) is 0 Å². The van der Waals surface area contributed by atoms with Crippen LogP contribution in [0.2, 0.25) is 0 Å². The molecule has 1 aliphatic rings. The SMILES string of the molecule is CNC(=N)c1c(C(=O)NC)c2c3c(c(C(=O)O)cc4c5cccc6cccc(c1c34)c65)C(=O)NC2=O. The predicted molar refractivity (Wildman–Crippen MR) is 136 cm³/mol. The Balaban J connectivity index is 2.11. The zero-order valence-corrected chi connectivity index (χ0v) is 19.1. The molecular formula is C27H18N4O5. The fourth-order valence-corrected chi connectivity index (χ4v) is 5.53. The Labute approximate surface area is 202 Å². The third kappa shape index (κ3) is 2.51. The van der Waals surface area contributed by atoms with Crippen LogP contribution in [0.25, 0.3) is 43.1 Å². The van der Waals surface area contributed by atoms with Crippen molar-refractivity contribution in [1.82, 2.24) is 16.0 Å². The zero-order valence-electron chi connectivity index (χ0n) is 19.1. The molecule has 0 aliphatic carbocycles. The van der Waals surface area contributed by atoms with Crippen LogP contribution in [0.15, 0.2) is 42.5 Å². The van der Waals surface area contributed by atoms with Crippen molar-refractivity contribution < 1.29 is 24.3 Å². The molecule has 6 rings (SSSR count). The summed E-state index contributed by atoms with van der Waals surface area (Å²) >= 11 is 0. The lowest BCUT2D eigenvalue weighted by atomic mass is 9.78. The van der Waals surface area contributed by atoms with Gasteiger partial charge in [-0.1, -0.05) is 36.4 Å². The maximum atomic E-state index is 13.3. The zero-order chi connectivity index (χ0) is 25.5. The molecule has 0 radical (unpaired) electrons. The lowest BCUT2D eigenvalue weighted by Gasteiger charge is -2.27. The molecule has 0 atom stereocenters. The molecule has 0 bridgehead atoms. The number of rotatable bonds is 3. The van der Waals surface area contributed by atoms with Gasteiger partial charge in [-0.3, -0.25) is 25.1 Å². The van der Waals surface area contributed by atoms with E-state index in [0.717, 1.165) is 21.5 Å². The van der Waals surface area contributed by atoms with Crippen LogP contribution in [-0.4, -0.2) is 48.7 Å². The summed E-state index contributed by atoms with van der Waals surface area (Å²) in [5.74, 6) is -3.74. The summed E-state index contributed by atoms with van der Waals surface area (Å²) in [5.41, 5.74) is -0.494. The van der Waals surface area contributed by atoms with Crippen molar-refractivity contribution in [3.05, 3.63) is 70.3 Å². The van der Waals surface area contributed by atoms with E-state index in [0.29, 0.717) is 16.2 Å². The maximum absolute atomic E-state index is 13.3. The summed E-state index contributed by atoms with van der Waals surface area (Å²) < 4.78 is 0. The van der Waals surface area contributed by atoms with Crippen LogP contribution in [0.1, 0.15) is 47.0 Å². The molecule has 0 spiro atoms. The Morgan fingerprint density at radius 1 is 0.806 bits per heavy atom. The number of carbonyl (C=O) groups is 4. The van der Waals surface area contributed by atoms with Gasteiger partial charge >= 0.3 is 5.97 Å². The van der Waals surface area contributed by atoms with Crippen molar-refractivity contribution in [2.45, 2.75) is 0 Å². The first kappa shape index (κ1) is 21.5. The van der Waals surface area contributed by atoms with Crippen molar-refractivity contribution in [2.24, 2.45) is 0 Å². The molecule has 0 saturated carbocycles. The van der Waals surface area contributed by atoms with Gasteiger partial charge in [0.25, 0.3) is 17.7 Å². The first-order valence-corrected chi connectivity index (χ1v) is 11.1. The summed E-state index contributed by atoms with van der Waals surface area (Å²) in [6.07, 6.45) is 0. The lowest BCUT2D eigenvalue weighted by Crippen LogP contribution is -2.39. The Kier molecular flexibility index (Phi) is 4.31. The molecule has 176 valence electrons. The highest BCUT2D eigenvalue weighted by molar-refractivity contribution is 6.44. The molecular weight excluding hydrogens is 460 g/mol. The Morgan fingerprint density at radius 3 is 2.11 bits per heavy atom. The number of fused-ring (bicyclic) bond motifs is 2. The van der Waals surface area contributed by atoms with Crippen LogP contribution < -0.4 is 16.0 Å². The smallest absolute Gasteiger partial charge is 0.336 e. The number of amides is 3. The molecule has 9 nitrogen and oxygen atoms in total. The number of carboxylic acids is 1. The van der Waals surface area contributed by atoms with Crippen LogP contribution in [0.5, 0.6) is 0 Å². The van der Waals surface area contributed by atoms with Gasteiger partial charge in [-0.25, -0.2) is 4.79 Å². The largest absolute Gasteiger partial charge is 0.478 e. The van der Waals surface area contributed by atoms with Gasteiger partial charge in [0.1, 0.15) is 5.84 Å². The van der Waals surface area contributed by atoms with Gasteiger partial charge in [0, 0.05) is 30.4 Å². The summed E-state index contributed by atoms with van der Waals surface area (Å²) in [5, 5.41) is 31.1. The molecule has 9 heteroatoms. The number of carbonyl (C=O) groups excluding carboxylic acids is 3.